The van der Waals surface area contributed by atoms with Crippen molar-refractivity contribution in [1.29, 1.82) is 0 Å². The monoisotopic (exact) mass is 274 g/mol. The smallest absolute Gasteiger partial charge is 0.236 e. The maximum atomic E-state index is 11.5. The van der Waals surface area contributed by atoms with E-state index in [1.807, 2.05) is 13.8 Å². The molecule has 0 heterocycles. The van der Waals surface area contributed by atoms with E-state index >= 15 is 0 Å². The van der Waals surface area contributed by atoms with Gasteiger partial charge < -0.3 is 10.6 Å². The number of hydrogen-bond acceptors (Lipinski definition) is 2. The van der Waals surface area contributed by atoms with Gasteiger partial charge in [-0.2, -0.15) is 0 Å². The predicted molar refractivity (Wildman–Crippen MR) is 71.4 cm³/mol. The predicted octanol–water partition coefficient (Wildman–Crippen LogP) is 2.61. The van der Waals surface area contributed by atoms with E-state index in [0.717, 1.165) is 5.56 Å². The molecule has 1 unspecified atom stereocenters. The molecule has 0 bridgehead atoms. The summed E-state index contributed by atoms with van der Waals surface area (Å²) in [5.74, 6) is -0.0225. The number of nitrogens with one attached hydrogen (secondary N) is 2. The van der Waals surface area contributed by atoms with Gasteiger partial charge in [-0.05, 0) is 37.6 Å². The number of benzene rings is 1. The molecule has 1 aromatic rings. The lowest BCUT2D eigenvalue weighted by Gasteiger charge is -2.14. The number of halogens is 2. The van der Waals surface area contributed by atoms with Crippen LogP contribution in [-0.2, 0) is 11.3 Å². The van der Waals surface area contributed by atoms with Gasteiger partial charge in [-0.1, -0.05) is 23.2 Å². The van der Waals surface area contributed by atoms with Crippen LogP contribution in [0.5, 0.6) is 0 Å². The highest BCUT2D eigenvalue weighted by atomic mass is 35.5. The Balaban J connectivity index is 2.55. The lowest BCUT2D eigenvalue weighted by molar-refractivity contribution is -0.122. The second-order valence-corrected chi connectivity index (χ2v) is 4.58. The molecule has 3 nitrogen and oxygen atoms in total. The van der Waals surface area contributed by atoms with Gasteiger partial charge in [0.15, 0.2) is 0 Å². The number of carbonyl (C=O) groups excluding carboxylic acids is 1. The van der Waals surface area contributed by atoms with Crippen LogP contribution >= 0.6 is 23.2 Å². The highest BCUT2D eigenvalue weighted by molar-refractivity contribution is 6.33. The van der Waals surface area contributed by atoms with Crippen molar-refractivity contribution in [2.45, 2.75) is 26.4 Å². The minimum absolute atomic E-state index is 0.0225. The molecule has 0 aliphatic heterocycles. The van der Waals surface area contributed by atoms with Crippen molar-refractivity contribution in [3.05, 3.63) is 33.8 Å². The Kier molecular flexibility index (Phi) is 5.75. The lowest BCUT2D eigenvalue weighted by atomic mass is 10.2. The van der Waals surface area contributed by atoms with E-state index in [-0.39, 0.29) is 11.9 Å². The van der Waals surface area contributed by atoms with Crippen molar-refractivity contribution in [1.82, 2.24) is 10.6 Å². The first-order valence-corrected chi connectivity index (χ1v) is 6.25. The topological polar surface area (TPSA) is 41.1 Å². The zero-order chi connectivity index (χ0) is 12.8. The first-order valence-electron chi connectivity index (χ1n) is 5.49. The van der Waals surface area contributed by atoms with Crippen molar-refractivity contribution in [3.63, 3.8) is 0 Å². The summed E-state index contributed by atoms with van der Waals surface area (Å²) in [7, 11) is 0. The average Bonchev–Trinajstić information content (AvgIpc) is 2.30. The van der Waals surface area contributed by atoms with Crippen LogP contribution in [0, 0.1) is 0 Å². The largest absolute Gasteiger partial charge is 0.355 e. The molecular weight excluding hydrogens is 259 g/mol. The second-order valence-electron chi connectivity index (χ2n) is 3.73. The molecule has 5 heteroatoms. The van der Waals surface area contributed by atoms with Crippen molar-refractivity contribution >= 4 is 29.1 Å². The van der Waals surface area contributed by atoms with Crippen LogP contribution in [0.3, 0.4) is 0 Å². The normalized spacial score (nSPS) is 12.2. The molecule has 1 rings (SSSR count). The average molecular weight is 275 g/mol. The van der Waals surface area contributed by atoms with E-state index in [1.54, 1.807) is 18.2 Å². The summed E-state index contributed by atoms with van der Waals surface area (Å²) in [4.78, 5) is 11.5. The standard InChI is InChI=1S/C12H16Cl2N2O/c1-3-15-12(17)8(2)16-7-9-6-10(13)4-5-11(9)14/h4-6,8,16H,3,7H2,1-2H3,(H,15,17). The molecule has 1 atom stereocenters. The molecule has 1 aromatic carbocycles. The Morgan fingerprint density at radius 2 is 2.12 bits per heavy atom. The molecule has 94 valence electrons. The highest BCUT2D eigenvalue weighted by Crippen LogP contribution is 2.20. The first-order chi connectivity index (χ1) is 8.04. The summed E-state index contributed by atoms with van der Waals surface area (Å²) >= 11 is 11.9. The Hall–Kier alpha value is -0.770. The van der Waals surface area contributed by atoms with Crippen molar-refractivity contribution in [2.24, 2.45) is 0 Å². The number of carbonyl (C=O) groups is 1. The van der Waals surface area contributed by atoms with Crippen LogP contribution in [0.4, 0.5) is 0 Å². The van der Waals surface area contributed by atoms with Gasteiger partial charge in [-0.25, -0.2) is 0 Å². The number of likely N-dealkylation sites (N-methyl/N-ethyl adjacent to an activating group) is 1. The summed E-state index contributed by atoms with van der Waals surface area (Å²) in [6, 6.07) is 5.02. The summed E-state index contributed by atoms with van der Waals surface area (Å²) in [6.45, 7) is 4.84. The quantitative estimate of drug-likeness (QED) is 0.867. The van der Waals surface area contributed by atoms with E-state index in [2.05, 4.69) is 10.6 Å². The van der Waals surface area contributed by atoms with E-state index in [9.17, 15) is 4.79 Å². The van der Waals surface area contributed by atoms with E-state index in [1.165, 1.54) is 0 Å². The molecule has 1 amide bonds. The summed E-state index contributed by atoms with van der Waals surface area (Å²) in [6.07, 6.45) is 0. The third-order valence-electron chi connectivity index (χ3n) is 2.35. The third kappa shape index (κ3) is 4.54. The number of amides is 1. The molecule has 0 fully saturated rings. The van der Waals surface area contributed by atoms with E-state index in [0.29, 0.717) is 23.1 Å². The van der Waals surface area contributed by atoms with E-state index in [4.69, 9.17) is 23.2 Å². The third-order valence-corrected chi connectivity index (χ3v) is 2.95. The van der Waals surface area contributed by atoms with Gasteiger partial charge >= 0.3 is 0 Å². The van der Waals surface area contributed by atoms with Gasteiger partial charge in [0.2, 0.25) is 5.91 Å². The molecule has 0 saturated heterocycles. The zero-order valence-corrected chi connectivity index (χ0v) is 11.4. The Morgan fingerprint density at radius 3 is 2.76 bits per heavy atom. The first kappa shape index (κ1) is 14.3. The maximum Gasteiger partial charge on any atom is 0.236 e. The van der Waals surface area contributed by atoms with Gasteiger partial charge in [-0.15, -0.1) is 0 Å². The molecule has 0 aliphatic carbocycles. The van der Waals surface area contributed by atoms with Crippen LogP contribution in [-0.4, -0.2) is 18.5 Å². The van der Waals surface area contributed by atoms with Gasteiger partial charge in [0.05, 0.1) is 6.04 Å². The highest BCUT2D eigenvalue weighted by Gasteiger charge is 2.11. The summed E-state index contributed by atoms with van der Waals surface area (Å²) in [5, 5.41) is 7.12. The maximum absolute atomic E-state index is 11.5. The summed E-state index contributed by atoms with van der Waals surface area (Å²) in [5.41, 5.74) is 0.885. The van der Waals surface area contributed by atoms with Crippen LogP contribution in [0.15, 0.2) is 18.2 Å². The Labute approximate surface area is 111 Å². The molecule has 2 N–H and O–H groups in total. The fourth-order valence-corrected chi connectivity index (χ4v) is 1.74. The fourth-order valence-electron chi connectivity index (χ4n) is 1.36. The van der Waals surface area contributed by atoms with Gasteiger partial charge in [0.25, 0.3) is 0 Å². The Bertz CT molecular complexity index is 396. The fraction of sp³-hybridized carbons (Fsp3) is 0.417. The molecule has 0 radical (unpaired) electrons. The minimum atomic E-state index is -0.259. The number of hydrogen-bond donors (Lipinski definition) is 2. The van der Waals surface area contributed by atoms with Crippen LogP contribution < -0.4 is 10.6 Å². The minimum Gasteiger partial charge on any atom is -0.355 e. The molecule has 0 spiro atoms. The van der Waals surface area contributed by atoms with Crippen molar-refractivity contribution < 1.29 is 4.79 Å². The van der Waals surface area contributed by atoms with Gasteiger partial charge in [0, 0.05) is 23.1 Å². The van der Waals surface area contributed by atoms with Crippen molar-refractivity contribution in [3.8, 4) is 0 Å². The number of rotatable bonds is 5. The van der Waals surface area contributed by atoms with Crippen LogP contribution in [0.2, 0.25) is 10.0 Å². The van der Waals surface area contributed by atoms with Gasteiger partial charge in [-0.3, -0.25) is 4.79 Å². The van der Waals surface area contributed by atoms with Crippen molar-refractivity contribution in [2.75, 3.05) is 6.54 Å². The van der Waals surface area contributed by atoms with Gasteiger partial charge in [0.1, 0.15) is 0 Å². The SMILES string of the molecule is CCNC(=O)C(C)NCc1cc(Cl)ccc1Cl. The molecule has 0 aromatic heterocycles. The second kappa shape index (κ2) is 6.84. The summed E-state index contributed by atoms with van der Waals surface area (Å²) < 4.78 is 0. The lowest BCUT2D eigenvalue weighted by Crippen LogP contribution is -2.41. The van der Waals surface area contributed by atoms with E-state index < -0.39 is 0 Å². The molecule has 0 aliphatic rings. The zero-order valence-electron chi connectivity index (χ0n) is 9.89. The Morgan fingerprint density at radius 1 is 1.41 bits per heavy atom. The van der Waals surface area contributed by atoms with Crippen LogP contribution in [0.1, 0.15) is 19.4 Å². The molecule has 0 saturated carbocycles. The van der Waals surface area contributed by atoms with Crippen LogP contribution in [0.25, 0.3) is 0 Å². The molecular formula is C12H16Cl2N2O. The molecule has 17 heavy (non-hydrogen) atoms.